The zero-order chi connectivity index (χ0) is 18.8. The summed E-state index contributed by atoms with van der Waals surface area (Å²) in [6, 6.07) is 12.7. The molecule has 0 spiro atoms. The minimum atomic E-state index is -0.327. The lowest BCUT2D eigenvalue weighted by Gasteiger charge is -2.16. The van der Waals surface area contributed by atoms with Gasteiger partial charge in [-0.05, 0) is 23.8 Å². The molecule has 7 heteroatoms. The third-order valence-electron chi connectivity index (χ3n) is 4.34. The van der Waals surface area contributed by atoms with Gasteiger partial charge in [-0.3, -0.25) is 24.2 Å². The van der Waals surface area contributed by atoms with Gasteiger partial charge in [-0.1, -0.05) is 24.8 Å². The van der Waals surface area contributed by atoms with Crippen LogP contribution in [0.2, 0.25) is 0 Å². The number of aromatic nitrogens is 3. The van der Waals surface area contributed by atoms with Crippen LogP contribution in [-0.4, -0.2) is 38.0 Å². The number of hydrogen-bond donors (Lipinski definition) is 1. The molecule has 0 bridgehead atoms. The van der Waals surface area contributed by atoms with Gasteiger partial charge in [0.15, 0.2) is 5.82 Å². The molecular formula is C20H17N5O2. The van der Waals surface area contributed by atoms with E-state index in [9.17, 15) is 9.59 Å². The summed E-state index contributed by atoms with van der Waals surface area (Å²) in [6.07, 6.45) is 5.23. The second kappa shape index (κ2) is 6.87. The fraction of sp³-hybridized carbons (Fsp3) is 0.100. The molecule has 1 aliphatic heterocycles. The molecule has 1 aromatic carbocycles. The summed E-state index contributed by atoms with van der Waals surface area (Å²) in [5.41, 5.74) is 2.92. The molecule has 0 unspecified atom stereocenters. The first-order chi connectivity index (χ1) is 13.1. The fourth-order valence-electron chi connectivity index (χ4n) is 3.02. The van der Waals surface area contributed by atoms with Crippen LogP contribution >= 0.6 is 0 Å². The highest BCUT2D eigenvalue weighted by Crippen LogP contribution is 2.30. The van der Waals surface area contributed by atoms with Gasteiger partial charge in [-0.2, -0.15) is 5.10 Å². The summed E-state index contributed by atoms with van der Waals surface area (Å²) in [7, 11) is 0. The predicted octanol–water partition coefficient (Wildman–Crippen LogP) is 2.39. The average Bonchev–Trinajstić information content (AvgIpc) is 3.21. The highest BCUT2D eigenvalue weighted by Gasteiger charge is 2.31. The summed E-state index contributed by atoms with van der Waals surface area (Å²) in [6.45, 7) is 4.41. The Bertz CT molecular complexity index is 991. The smallest absolute Gasteiger partial charge is 0.259 e. The first-order valence-electron chi connectivity index (χ1n) is 8.44. The van der Waals surface area contributed by atoms with Crippen molar-refractivity contribution >= 4 is 23.3 Å². The SMILES string of the molecule is C=C1c2ccccc2C(=O)N1CC(=O)Nc1ccn(Cc2ccncc2)n1. The van der Waals surface area contributed by atoms with Gasteiger partial charge in [0.1, 0.15) is 6.54 Å². The Morgan fingerprint density at radius 2 is 1.81 bits per heavy atom. The number of carbonyl (C=O) groups is 2. The van der Waals surface area contributed by atoms with Crippen molar-refractivity contribution in [1.82, 2.24) is 19.7 Å². The van der Waals surface area contributed by atoms with Crippen LogP contribution in [0.3, 0.4) is 0 Å². The van der Waals surface area contributed by atoms with Gasteiger partial charge in [0, 0.05) is 41.5 Å². The molecule has 2 amide bonds. The van der Waals surface area contributed by atoms with Crippen LogP contribution in [0, 0.1) is 0 Å². The minimum absolute atomic E-state index is 0.108. The van der Waals surface area contributed by atoms with Gasteiger partial charge < -0.3 is 5.32 Å². The first kappa shape index (κ1) is 16.7. The Labute approximate surface area is 155 Å². The number of nitrogens with one attached hydrogen (secondary N) is 1. The molecule has 0 saturated heterocycles. The van der Waals surface area contributed by atoms with Gasteiger partial charge in [0.05, 0.1) is 6.54 Å². The third kappa shape index (κ3) is 3.35. The molecule has 2 aromatic heterocycles. The number of anilines is 1. The van der Waals surface area contributed by atoms with E-state index in [2.05, 4.69) is 22.0 Å². The van der Waals surface area contributed by atoms with E-state index >= 15 is 0 Å². The zero-order valence-corrected chi connectivity index (χ0v) is 14.5. The van der Waals surface area contributed by atoms with E-state index in [1.165, 1.54) is 4.90 Å². The maximum Gasteiger partial charge on any atom is 0.259 e. The molecule has 0 radical (unpaired) electrons. The van der Waals surface area contributed by atoms with Gasteiger partial charge >= 0.3 is 0 Å². The molecular weight excluding hydrogens is 342 g/mol. The molecule has 3 heterocycles. The topological polar surface area (TPSA) is 80.1 Å². The van der Waals surface area contributed by atoms with Crippen molar-refractivity contribution in [3.05, 3.63) is 84.3 Å². The maximum atomic E-state index is 12.5. The Hall–Kier alpha value is -3.74. The quantitative estimate of drug-likeness (QED) is 0.759. The van der Waals surface area contributed by atoms with E-state index in [1.54, 1.807) is 41.5 Å². The van der Waals surface area contributed by atoms with Gasteiger partial charge in [-0.15, -0.1) is 0 Å². The van der Waals surface area contributed by atoms with Gasteiger partial charge in [0.2, 0.25) is 5.91 Å². The lowest BCUT2D eigenvalue weighted by molar-refractivity contribution is -0.116. The summed E-state index contributed by atoms with van der Waals surface area (Å²) in [5, 5.41) is 7.06. The molecule has 0 fully saturated rings. The van der Waals surface area contributed by atoms with E-state index in [0.29, 0.717) is 23.6 Å². The van der Waals surface area contributed by atoms with Crippen LogP contribution in [0.25, 0.3) is 5.70 Å². The van der Waals surface area contributed by atoms with Crippen molar-refractivity contribution < 1.29 is 9.59 Å². The van der Waals surface area contributed by atoms with Crippen molar-refractivity contribution in [2.45, 2.75) is 6.54 Å². The Morgan fingerprint density at radius 1 is 1.07 bits per heavy atom. The molecule has 134 valence electrons. The molecule has 1 N–H and O–H groups in total. The monoisotopic (exact) mass is 359 g/mol. The van der Waals surface area contributed by atoms with Crippen LogP contribution in [-0.2, 0) is 11.3 Å². The number of rotatable bonds is 5. The van der Waals surface area contributed by atoms with Crippen molar-refractivity contribution in [3.8, 4) is 0 Å². The third-order valence-corrected chi connectivity index (χ3v) is 4.34. The molecule has 1 aliphatic rings. The van der Waals surface area contributed by atoms with E-state index in [1.807, 2.05) is 24.3 Å². The lowest BCUT2D eigenvalue weighted by Crippen LogP contribution is -2.32. The summed E-state index contributed by atoms with van der Waals surface area (Å²) < 4.78 is 1.72. The predicted molar refractivity (Wildman–Crippen MR) is 101 cm³/mol. The number of amides is 2. The van der Waals surface area contributed by atoms with Crippen molar-refractivity contribution in [1.29, 1.82) is 0 Å². The number of benzene rings is 1. The van der Waals surface area contributed by atoms with Crippen molar-refractivity contribution in [2.24, 2.45) is 0 Å². The van der Waals surface area contributed by atoms with E-state index in [0.717, 1.165) is 11.1 Å². The lowest BCUT2D eigenvalue weighted by atomic mass is 10.1. The highest BCUT2D eigenvalue weighted by molar-refractivity contribution is 6.11. The molecule has 4 rings (SSSR count). The maximum absolute atomic E-state index is 12.5. The Morgan fingerprint density at radius 3 is 2.56 bits per heavy atom. The summed E-state index contributed by atoms with van der Waals surface area (Å²) >= 11 is 0. The van der Waals surface area contributed by atoms with Crippen molar-refractivity contribution in [3.63, 3.8) is 0 Å². The Balaban J connectivity index is 1.39. The van der Waals surface area contributed by atoms with E-state index in [-0.39, 0.29) is 18.4 Å². The van der Waals surface area contributed by atoms with Gasteiger partial charge in [0.25, 0.3) is 5.91 Å². The number of hydrogen-bond acceptors (Lipinski definition) is 4. The van der Waals surface area contributed by atoms with E-state index in [4.69, 9.17) is 0 Å². The second-order valence-electron chi connectivity index (χ2n) is 6.19. The second-order valence-corrected chi connectivity index (χ2v) is 6.19. The molecule has 7 nitrogen and oxygen atoms in total. The molecule has 0 aliphatic carbocycles. The van der Waals surface area contributed by atoms with Crippen LogP contribution in [0.1, 0.15) is 21.5 Å². The first-order valence-corrected chi connectivity index (χ1v) is 8.44. The number of carbonyl (C=O) groups excluding carboxylic acids is 2. The van der Waals surface area contributed by atoms with Gasteiger partial charge in [-0.25, -0.2) is 0 Å². The van der Waals surface area contributed by atoms with Crippen LogP contribution in [0.15, 0.2) is 67.6 Å². The summed E-state index contributed by atoms with van der Waals surface area (Å²) in [4.78, 5) is 30.2. The normalized spacial score (nSPS) is 13.0. The highest BCUT2D eigenvalue weighted by atomic mass is 16.2. The molecule has 3 aromatic rings. The Kier molecular flexibility index (Phi) is 4.25. The molecule has 27 heavy (non-hydrogen) atoms. The largest absolute Gasteiger partial charge is 0.308 e. The number of fused-ring (bicyclic) bond motifs is 1. The van der Waals surface area contributed by atoms with Crippen molar-refractivity contribution in [2.75, 3.05) is 11.9 Å². The van der Waals surface area contributed by atoms with Crippen LogP contribution in [0.5, 0.6) is 0 Å². The fourth-order valence-corrected chi connectivity index (χ4v) is 3.02. The molecule has 0 saturated carbocycles. The van der Waals surface area contributed by atoms with E-state index < -0.39 is 0 Å². The van der Waals surface area contributed by atoms with Crippen LogP contribution < -0.4 is 5.32 Å². The van der Waals surface area contributed by atoms with Crippen LogP contribution in [0.4, 0.5) is 5.82 Å². The minimum Gasteiger partial charge on any atom is -0.308 e. The number of nitrogens with zero attached hydrogens (tertiary/aromatic N) is 4. The zero-order valence-electron chi connectivity index (χ0n) is 14.5. The average molecular weight is 359 g/mol. The molecule has 0 atom stereocenters. The number of pyridine rings is 1. The summed E-state index contributed by atoms with van der Waals surface area (Å²) in [5.74, 6) is -0.107. The standard InChI is InChI=1S/C20H17N5O2/c1-14-16-4-2-3-5-17(16)20(27)25(14)13-19(26)22-18-8-11-24(23-18)12-15-6-9-21-10-7-15/h2-11H,1,12-13H2,(H,22,23,26).